The molecule has 8 N–H and O–H groups in total. The lowest BCUT2D eigenvalue weighted by Crippen LogP contribution is -2.60. The first-order chi connectivity index (χ1) is 20.2. The molecular formula is C30H42O13. The molecule has 0 saturated carbocycles. The summed E-state index contributed by atoms with van der Waals surface area (Å²) in [5.74, 6) is -1.86. The first-order valence-electron chi connectivity index (χ1n) is 13.3. The number of allylic oxidation sites excluding steroid dienone is 12. The first kappa shape index (κ1) is 37.8. The molecule has 0 aromatic carbocycles. The summed E-state index contributed by atoms with van der Waals surface area (Å²) in [7, 11) is 0. The summed E-state index contributed by atoms with van der Waals surface area (Å²) >= 11 is 0. The van der Waals surface area contributed by atoms with Gasteiger partial charge in [-0.3, -0.25) is 0 Å². The summed E-state index contributed by atoms with van der Waals surface area (Å²) in [4.78, 5) is 23.3. The number of rotatable bonds is 15. The van der Waals surface area contributed by atoms with Crippen LogP contribution in [0.5, 0.6) is 0 Å². The van der Waals surface area contributed by atoms with Gasteiger partial charge in [0.1, 0.15) is 36.6 Å². The first-order valence-corrected chi connectivity index (χ1v) is 13.3. The molecule has 1 saturated heterocycles. The van der Waals surface area contributed by atoms with Gasteiger partial charge in [0, 0.05) is 11.1 Å². The van der Waals surface area contributed by atoms with Crippen LogP contribution in [0.4, 0.5) is 0 Å². The lowest BCUT2D eigenvalue weighted by Gasteiger charge is -2.40. The molecule has 0 bridgehead atoms. The highest BCUT2D eigenvalue weighted by atomic mass is 16.7. The second-order valence-electron chi connectivity index (χ2n) is 9.81. The van der Waals surface area contributed by atoms with Crippen LogP contribution in [0.3, 0.4) is 0 Å². The molecule has 8 atom stereocenters. The summed E-state index contributed by atoms with van der Waals surface area (Å²) < 4.78 is 15.4. The molecule has 240 valence electrons. The molecular weight excluding hydrogens is 568 g/mol. The Morgan fingerprint density at radius 3 is 1.84 bits per heavy atom. The van der Waals surface area contributed by atoms with Gasteiger partial charge in [-0.2, -0.15) is 0 Å². The van der Waals surface area contributed by atoms with E-state index in [9.17, 15) is 40.2 Å². The summed E-state index contributed by atoms with van der Waals surface area (Å²) in [5, 5.41) is 77.0. The maximum Gasteiger partial charge on any atom is 0.336 e. The largest absolute Gasteiger partial charge is 0.478 e. The SMILES string of the molecule is CC(/C=C/C=C(\C)C(=O)O)=C\C=C\C=C(C)\C=C\C=C(/C)C(=O)O[C@@H]1OC(COC(O)[C@H](O)C(O)CO)[C@@H](O)C(O)C1O. The van der Waals surface area contributed by atoms with E-state index < -0.39 is 74.4 Å². The van der Waals surface area contributed by atoms with Crippen molar-refractivity contribution in [3.63, 3.8) is 0 Å². The Labute approximate surface area is 250 Å². The zero-order chi connectivity index (χ0) is 32.7. The van der Waals surface area contributed by atoms with E-state index in [0.29, 0.717) is 0 Å². The zero-order valence-corrected chi connectivity index (χ0v) is 24.4. The van der Waals surface area contributed by atoms with Gasteiger partial charge in [-0.15, -0.1) is 0 Å². The molecule has 0 amide bonds. The van der Waals surface area contributed by atoms with Gasteiger partial charge in [-0.1, -0.05) is 71.9 Å². The van der Waals surface area contributed by atoms with E-state index in [1.54, 1.807) is 30.4 Å². The van der Waals surface area contributed by atoms with Crippen LogP contribution in [0.1, 0.15) is 27.7 Å². The van der Waals surface area contributed by atoms with Crippen molar-refractivity contribution < 1.29 is 64.7 Å². The number of aliphatic hydroxyl groups excluding tert-OH is 7. The molecule has 0 spiro atoms. The molecule has 0 radical (unpaired) electrons. The minimum Gasteiger partial charge on any atom is -0.478 e. The lowest BCUT2D eigenvalue weighted by atomic mass is 9.99. The number of esters is 1. The van der Waals surface area contributed by atoms with Crippen molar-refractivity contribution >= 4 is 11.9 Å². The summed E-state index contributed by atoms with van der Waals surface area (Å²) in [6.07, 6.45) is 3.01. The zero-order valence-electron chi connectivity index (χ0n) is 24.4. The predicted octanol–water partition coefficient (Wildman–Crippen LogP) is -0.0753. The second kappa shape index (κ2) is 19.1. The van der Waals surface area contributed by atoms with Crippen LogP contribution in [-0.4, -0.2) is 115 Å². The van der Waals surface area contributed by atoms with Crippen molar-refractivity contribution in [2.45, 2.75) is 76.9 Å². The molecule has 1 fully saturated rings. The number of carboxylic acids is 1. The Bertz CT molecular complexity index is 1130. The maximum atomic E-state index is 12.5. The third-order valence-corrected chi connectivity index (χ3v) is 6.10. The Morgan fingerprint density at radius 2 is 1.33 bits per heavy atom. The fraction of sp³-hybridized carbons (Fsp3) is 0.467. The number of carbonyl (C=O) groups excluding carboxylic acids is 1. The molecule has 1 heterocycles. The van der Waals surface area contributed by atoms with Gasteiger partial charge in [-0.05, 0) is 27.7 Å². The Hall–Kier alpha value is -3.24. The van der Waals surface area contributed by atoms with E-state index in [0.717, 1.165) is 11.1 Å². The number of hydrogen-bond donors (Lipinski definition) is 8. The van der Waals surface area contributed by atoms with Crippen molar-refractivity contribution in [3.05, 3.63) is 83.1 Å². The van der Waals surface area contributed by atoms with Crippen LogP contribution >= 0.6 is 0 Å². The van der Waals surface area contributed by atoms with E-state index in [4.69, 9.17) is 24.4 Å². The van der Waals surface area contributed by atoms with Gasteiger partial charge in [0.2, 0.25) is 6.29 Å². The highest BCUT2D eigenvalue weighted by molar-refractivity contribution is 5.88. The Kier molecular flexibility index (Phi) is 16.8. The molecule has 5 unspecified atom stereocenters. The molecule has 43 heavy (non-hydrogen) atoms. The van der Waals surface area contributed by atoms with Crippen LogP contribution in [-0.2, 0) is 23.8 Å². The standard InChI is InChI=1S/C30H42O13/c1-17(11-7-13-19(3)27(37)38)9-5-6-10-18(2)12-8-14-20(4)28(39)43-30-26(36)25(35)24(34)22(42-30)16-41-29(40)23(33)21(32)15-31/h5-14,21-26,29-36,40H,15-16H2,1-4H3,(H,37,38)/b6-5+,11-7+,12-8+,17-9+,18-10+,19-13+,20-14+/t21?,22?,23-,24-,25?,26?,29?,30+/m1/s1. The number of ether oxygens (including phenoxy) is 3. The van der Waals surface area contributed by atoms with E-state index in [1.165, 1.54) is 26.0 Å². The highest BCUT2D eigenvalue weighted by Gasteiger charge is 2.46. The number of aliphatic hydroxyl groups is 7. The maximum absolute atomic E-state index is 12.5. The van der Waals surface area contributed by atoms with Crippen LogP contribution in [0.2, 0.25) is 0 Å². The fourth-order valence-electron chi connectivity index (χ4n) is 3.29. The minimum absolute atomic E-state index is 0.123. The Morgan fingerprint density at radius 1 is 0.791 bits per heavy atom. The van der Waals surface area contributed by atoms with Crippen molar-refractivity contribution in [1.82, 2.24) is 0 Å². The number of carboxylic acid groups (broad SMARTS) is 1. The molecule has 1 aliphatic rings. The van der Waals surface area contributed by atoms with Gasteiger partial charge >= 0.3 is 11.9 Å². The van der Waals surface area contributed by atoms with E-state index in [1.807, 2.05) is 32.1 Å². The van der Waals surface area contributed by atoms with Crippen molar-refractivity contribution in [1.29, 1.82) is 0 Å². The number of hydrogen-bond acceptors (Lipinski definition) is 12. The highest BCUT2D eigenvalue weighted by Crippen LogP contribution is 2.24. The van der Waals surface area contributed by atoms with Crippen molar-refractivity contribution in [2.24, 2.45) is 0 Å². The predicted molar refractivity (Wildman–Crippen MR) is 154 cm³/mol. The molecule has 1 rings (SSSR count). The third-order valence-electron chi connectivity index (χ3n) is 6.10. The average Bonchev–Trinajstić information content (AvgIpc) is 2.97. The summed E-state index contributed by atoms with van der Waals surface area (Å²) in [5.41, 5.74) is 2.11. The van der Waals surface area contributed by atoms with Gasteiger partial charge in [0.05, 0.1) is 13.2 Å². The molecule has 0 aromatic heterocycles. The van der Waals surface area contributed by atoms with E-state index in [2.05, 4.69) is 0 Å². The summed E-state index contributed by atoms with van der Waals surface area (Å²) in [6.45, 7) is 5.17. The quantitative estimate of drug-likeness (QED) is 0.0527. The molecule has 0 aromatic rings. The van der Waals surface area contributed by atoms with Gasteiger partial charge in [0.15, 0.2) is 6.29 Å². The number of aliphatic carboxylic acids is 1. The summed E-state index contributed by atoms with van der Waals surface area (Å²) in [6, 6.07) is 0. The third kappa shape index (κ3) is 13.3. The lowest BCUT2D eigenvalue weighted by molar-refractivity contribution is -0.302. The Balaban J connectivity index is 2.73. The smallest absolute Gasteiger partial charge is 0.336 e. The molecule has 1 aliphatic heterocycles. The minimum atomic E-state index is -1.98. The van der Waals surface area contributed by atoms with Gasteiger partial charge in [-0.25, -0.2) is 9.59 Å². The molecule has 13 nitrogen and oxygen atoms in total. The van der Waals surface area contributed by atoms with Gasteiger partial charge < -0.3 is 55.1 Å². The van der Waals surface area contributed by atoms with Crippen LogP contribution in [0.15, 0.2) is 83.1 Å². The number of carbonyl (C=O) groups is 2. The van der Waals surface area contributed by atoms with Crippen LogP contribution in [0, 0.1) is 0 Å². The van der Waals surface area contributed by atoms with Gasteiger partial charge in [0.25, 0.3) is 0 Å². The fourth-order valence-corrected chi connectivity index (χ4v) is 3.29. The molecule has 13 heteroatoms. The monoisotopic (exact) mass is 610 g/mol. The average molecular weight is 611 g/mol. The van der Waals surface area contributed by atoms with Crippen molar-refractivity contribution in [2.75, 3.05) is 13.2 Å². The molecule has 0 aliphatic carbocycles. The van der Waals surface area contributed by atoms with Crippen LogP contribution < -0.4 is 0 Å². The normalized spacial score (nSPS) is 26.7. The second-order valence-corrected chi connectivity index (χ2v) is 9.81. The van der Waals surface area contributed by atoms with E-state index >= 15 is 0 Å². The topological polar surface area (TPSA) is 224 Å². The van der Waals surface area contributed by atoms with E-state index in [-0.39, 0.29) is 11.1 Å². The van der Waals surface area contributed by atoms with Crippen LogP contribution in [0.25, 0.3) is 0 Å². The van der Waals surface area contributed by atoms with Crippen molar-refractivity contribution in [3.8, 4) is 0 Å².